The van der Waals surface area contributed by atoms with Crippen LogP contribution in [-0.4, -0.2) is 51.2 Å². The number of amides is 1. The van der Waals surface area contributed by atoms with E-state index in [4.69, 9.17) is 14.6 Å². The Kier molecular flexibility index (Phi) is 6.71. The lowest BCUT2D eigenvalue weighted by molar-refractivity contribution is 0.0942. The second kappa shape index (κ2) is 10.2. The van der Waals surface area contributed by atoms with E-state index in [1.54, 1.807) is 44.4 Å². The first-order valence-corrected chi connectivity index (χ1v) is 12.1. The highest BCUT2D eigenvalue weighted by molar-refractivity contribution is 5.94. The fourth-order valence-corrected chi connectivity index (χ4v) is 4.79. The molecule has 0 atom stereocenters. The smallest absolute Gasteiger partial charge is 0.269 e. The zero-order valence-corrected chi connectivity index (χ0v) is 20.8. The van der Waals surface area contributed by atoms with E-state index in [0.29, 0.717) is 36.0 Å². The molecule has 3 heterocycles. The highest BCUT2D eigenvalue weighted by Crippen LogP contribution is 2.33. The summed E-state index contributed by atoms with van der Waals surface area (Å²) in [6.07, 6.45) is 7.97. The monoisotopic (exact) mass is 486 g/mol. The number of hydrogen-bond donors (Lipinski definition) is 1. The third kappa shape index (κ3) is 4.56. The Morgan fingerprint density at radius 2 is 1.83 bits per heavy atom. The molecule has 1 N–H and O–H groups in total. The Balaban J connectivity index is 1.31. The van der Waals surface area contributed by atoms with Gasteiger partial charge in [-0.25, -0.2) is 0 Å². The van der Waals surface area contributed by atoms with Crippen molar-refractivity contribution < 1.29 is 14.3 Å². The molecule has 0 bridgehead atoms. The van der Waals surface area contributed by atoms with Gasteiger partial charge < -0.3 is 14.8 Å². The van der Waals surface area contributed by atoms with Gasteiger partial charge in [0.1, 0.15) is 17.2 Å². The summed E-state index contributed by atoms with van der Waals surface area (Å²) >= 11 is 0. The van der Waals surface area contributed by atoms with Gasteiger partial charge >= 0.3 is 0 Å². The summed E-state index contributed by atoms with van der Waals surface area (Å²) in [6, 6.07) is 11.3. The quantitative estimate of drug-likeness (QED) is 0.408. The normalized spacial score (nSPS) is 12.8. The molecule has 4 aromatic rings. The number of benzene rings is 1. The average Bonchev–Trinajstić information content (AvgIpc) is 3.49. The van der Waals surface area contributed by atoms with Crippen LogP contribution in [0.5, 0.6) is 11.5 Å². The molecule has 186 valence electrons. The van der Waals surface area contributed by atoms with Crippen molar-refractivity contribution >= 4 is 5.91 Å². The SMILES string of the molecule is COc1ccc(OC)c(-c2cc(C(=O)NCCn3nc(-c4ccncc4)c4c3CCCC4)n(C)n2)c1. The Bertz CT molecular complexity index is 1380. The summed E-state index contributed by atoms with van der Waals surface area (Å²) in [5.74, 6) is 1.17. The van der Waals surface area contributed by atoms with Crippen LogP contribution >= 0.6 is 0 Å². The lowest BCUT2D eigenvalue weighted by atomic mass is 9.94. The lowest BCUT2D eigenvalue weighted by Gasteiger charge is -2.14. The van der Waals surface area contributed by atoms with Gasteiger partial charge in [0.2, 0.25) is 0 Å². The molecule has 36 heavy (non-hydrogen) atoms. The zero-order chi connectivity index (χ0) is 25.1. The second-order valence-electron chi connectivity index (χ2n) is 8.80. The van der Waals surface area contributed by atoms with Gasteiger partial charge in [-0.15, -0.1) is 0 Å². The maximum atomic E-state index is 13.0. The third-order valence-corrected chi connectivity index (χ3v) is 6.61. The van der Waals surface area contributed by atoms with E-state index in [1.807, 2.05) is 30.3 Å². The van der Waals surface area contributed by atoms with Gasteiger partial charge in [0.25, 0.3) is 5.91 Å². The van der Waals surface area contributed by atoms with Gasteiger partial charge in [-0.05, 0) is 62.1 Å². The minimum Gasteiger partial charge on any atom is -0.497 e. The molecule has 0 saturated carbocycles. The number of rotatable bonds is 8. The van der Waals surface area contributed by atoms with Crippen LogP contribution in [0.15, 0.2) is 48.8 Å². The minimum absolute atomic E-state index is 0.187. The summed E-state index contributed by atoms with van der Waals surface area (Å²) in [6.45, 7) is 1.07. The lowest BCUT2D eigenvalue weighted by Crippen LogP contribution is -2.29. The number of aromatic nitrogens is 5. The van der Waals surface area contributed by atoms with E-state index in [-0.39, 0.29) is 5.91 Å². The summed E-state index contributed by atoms with van der Waals surface area (Å²) < 4.78 is 14.5. The molecule has 1 aliphatic rings. The molecule has 1 aliphatic carbocycles. The van der Waals surface area contributed by atoms with E-state index >= 15 is 0 Å². The predicted octanol–water partition coefficient (Wildman–Crippen LogP) is 3.67. The van der Waals surface area contributed by atoms with Crippen molar-refractivity contribution in [3.05, 3.63) is 65.7 Å². The topological polar surface area (TPSA) is 96.1 Å². The number of nitrogens with one attached hydrogen (secondary N) is 1. The van der Waals surface area contributed by atoms with Crippen molar-refractivity contribution in [1.82, 2.24) is 29.9 Å². The Morgan fingerprint density at radius 3 is 2.61 bits per heavy atom. The molecule has 9 nitrogen and oxygen atoms in total. The number of carbonyl (C=O) groups excluding carboxylic acids is 1. The Hall–Kier alpha value is -4.14. The number of methoxy groups -OCH3 is 2. The third-order valence-electron chi connectivity index (χ3n) is 6.61. The maximum absolute atomic E-state index is 13.0. The molecule has 0 fully saturated rings. The summed E-state index contributed by atoms with van der Waals surface area (Å²) in [5.41, 5.74) is 6.58. The maximum Gasteiger partial charge on any atom is 0.269 e. The van der Waals surface area contributed by atoms with E-state index in [1.165, 1.54) is 17.7 Å². The number of nitrogens with zero attached hydrogens (tertiary/aromatic N) is 5. The van der Waals surface area contributed by atoms with Crippen LogP contribution in [0.1, 0.15) is 34.6 Å². The molecule has 0 saturated heterocycles. The molecular formula is C27H30N6O3. The van der Waals surface area contributed by atoms with Gasteiger partial charge in [-0.2, -0.15) is 10.2 Å². The van der Waals surface area contributed by atoms with E-state index in [2.05, 4.69) is 20.1 Å². The molecule has 1 amide bonds. The number of ether oxygens (including phenoxy) is 2. The van der Waals surface area contributed by atoms with Crippen molar-refractivity contribution in [3.63, 3.8) is 0 Å². The molecule has 0 unspecified atom stereocenters. The molecular weight excluding hydrogens is 456 g/mol. The summed E-state index contributed by atoms with van der Waals surface area (Å²) in [4.78, 5) is 17.2. The number of carbonyl (C=O) groups is 1. The minimum atomic E-state index is -0.187. The van der Waals surface area contributed by atoms with E-state index in [9.17, 15) is 4.79 Å². The highest BCUT2D eigenvalue weighted by atomic mass is 16.5. The molecule has 5 rings (SSSR count). The van der Waals surface area contributed by atoms with Gasteiger partial charge in [-0.3, -0.25) is 19.1 Å². The second-order valence-corrected chi connectivity index (χ2v) is 8.80. The summed E-state index contributed by atoms with van der Waals surface area (Å²) in [7, 11) is 4.98. The largest absolute Gasteiger partial charge is 0.497 e. The van der Waals surface area contributed by atoms with Gasteiger partial charge in [0.15, 0.2) is 0 Å². The first-order chi connectivity index (χ1) is 17.6. The van der Waals surface area contributed by atoms with Crippen molar-refractivity contribution in [2.24, 2.45) is 7.05 Å². The van der Waals surface area contributed by atoms with Crippen LogP contribution in [-0.2, 0) is 26.4 Å². The zero-order valence-electron chi connectivity index (χ0n) is 20.8. The van der Waals surface area contributed by atoms with Crippen LogP contribution in [0.4, 0.5) is 0 Å². The number of hydrogen-bond acceptors (Lipinski definition) is 6. The van der Waals surface area contributed by atoms with Crippen LogP contribution in [0.25, 0.3) is 22.5 Å². The van der Waals surface area contributed by atoms with Crippen LogP contribution in [0, 0.1) is 0 Å². The molecule has 1 aromatic carbocycles. The number of pyridine rings is 1. The first kappa shape index (κ1) is 23.6. The predicted molar refractivity (Wildman–Crippen MR) is 136 cm³/mol. The van der Waals surface area contributed by atoms with Crippen LogP contribution in [0.3, 0.4) is 0 Å². The highest BCUT2D eigenvalue weighted by Gasteiger charge is 2.22. The fraction of sp³-hybridized carbons (Fsp3) is 0.333. The molecule has 0 spiro atoms. The molecule has 0 aliphatic heterocycles. The fourth-order valence-electron chi connectivity index (χ4n) is 4.79. The Morgan fingerprint density at radius 1 is 1.03 bits per heavy atom. The van der Waals surface area contributed by atoms with Gasteiger partial charge in [-0.1, -0.05) is 0 Å². The summed E-state index contributed by atoms with van der Waals surface area (Å²) in [5, 5.41) is 12.5. The van der Waals surface area contributed by atoms with Gasteiger partial charge in [0.05, 0.1) is 32.2 Å². The molecule has 9 heteroatoms. The van der Waals surface area contributed by atoms with Crippen LogP contribution < -0.4 is 14.8 Å². The molecule has 0 radical (unpaired) electrons. The first-order valence-electron chi connectivity index (χ1n) is 12.1. The number of aryl methyl sites for hydroxylation is 1. The average molecular weight is 487 g/mol. The van der Waals surface area contributed by atoms with Gasteiger partial charge in [0, 0.05) is 48.4 Å². The van der Waals surface area contributed by atoms with Crippen molar-refractivity contribution in [1.29, 1.82) is 0 Å². The van der Waals surface area contributed by atoms with Crippen molar-refractivity contribution in [2.45, 2.75) is 32.2 Å². The Labute approximate surface area is 210 Å². The molecule has 3 aromatic heterocycles. The van der Waals surface area contributed by atoms with Crippen molar-refractivity contribution in [2.75, 3.05) is 20.8 Å². The standard InChI is InChI=1S/C27H30N6O3/c1-32-24(17-22(30-32)21-16-19(35-2)8-9-25(21)36-3)27(34)29-14-15-33-23-7-5-4-6-20(23)26(31-33)18-10-12-28-13-11-18/h8-13,16-17H,4-7,14-15H2,1-3H3,(H,29,34). The van der Waals surface area contributed by atoms with Crippen molar-refractivity contribution in [3.8, 4) is 34.0 Å². The van der Waals surface area contributed by atoms with E-state index < -0.39 is 0 Å². The van der Waals surface area contributed by atoms with Crippen LogP contribution in [0.2, 0.25) is 0 Å². The number of fused-ring (bicyclic) bond motifs is 1. The van der Waals surface area contributed by atoms with E-state index in [0.717, 1.165) is 36.1 Å².